The van der Waals surface area contributed by atoms with Crippen molar-refractivity contribution in [3.63, 3.8) is 0 Å². The number of carbonyl (C=O) groups is 3. The molecule has 0 aliphatic heterocycles. The standard InChI is InChI=1S/C11H22N6O2.3CH2O/c1-15(2)9-12-10(16(3)7-18-5)14-11(13-9)17(4)8-19-6;3*1-2/h7-8H2,1-6H3;3*1H2. The van der Waals surface area contributed by atoms with Gasteiger partial charge in [-0.3, -0.25) is 0 Å². The van der Waals surface area contributed by atoms with E-state index in [2.05, 4.69) is 15.0 Å². The summed E-state index contributed by atoms with van der Waals surface area (Å²) in [6, 6.07) is 0. The predicted molar refractivity (Wildman–Crippen MR) is 96.1 cm³/mol. The van der Waals surface area contributed by atoms with Crippen LogP contribution >= 0.6 is 0 Å². The first-order valence-electron chi connectivity index (χ1n) is 6.69. The van der Waals surface area contributed by atoms with Gasteiger partial charge in [0.25, 0.3) is 0 Å². The number of anilines is 3. The molecule has 0 unspecified atom stereocenters. The predicted octanol–water partition coefficient (Wildman–Crippen LogP) is -0.537. The second-order valence-corrected chi connectivity index (χ2v) is 4.36. The molecule has 0 atom stereocenters. The monoisotopic (exact) mass is 360 g/mol. The molecule has 0 N–H and O–H groups in total. The molecule has 1 heterocycles. The van der Waals surface area contributed by atoms with Crippen molar-refractivity contribution < 1.29 is 23.9 Å². The Bertz CT molecular complexity index is 417. The van der Waals surface area contributed by atoms with Crippen molar-refractivity contribution in [1.82, 2.24) is 15.0 Å². The third-order valence-electron chi connectivity index (χ3n) is 2.33. The Balaban J connectivity index is -0.000000725. The van der Waals surface area contributed by atoms with Crippen molar-refractivity contribution in [2.75, 3.05) is 70.6 Å². The minimum Gasteiger partial charge on any atom is -0.364 e. The summed E-state index contributed by atoms with van der Waals surface area (Å²) in [5.74, 6) is 1.70. The van der Waals surface area contributed by atoms with Gasteiger partial charge < -0.3 is 38.6 Å². The normalized spacial score (nSPS) is 8.40. The summed E-state index contributed by atoms with van der Waals surface area (Å²) in [5.41, 5.74) is 0. The van der Waals surface area contributed by atoms with Crippen LogP contribution in [0.25, 0.3) is 0 Å². The smallest absolute Gasteiger partial charge is 0.233 e. The summed E-state index contributed by atoms with van der Waals surface area (Å²) in [6.07, 6.45) is 0. The highest BCUT2D eigenvalue weighted by Crippen LogP contribution is 2.16. The average molecular weight is 360 g/mol. The van der Waals surface area contributed by atoms with Gasteiger partial charge in [0.2, 0.25) is 17.8 Å². The molecule has 11 heteroatoms. The lowest BCUT2D eigenvalue weighted by molar-refractivity contribution is -0.0987. The molecule has 0 aliphatic rings. The highest BCUT2D eigenvalue weighted by molar-refractivity contribution is 5.44. The molecule has 1 aromatic heterocycles. The second kappa shape index (κ2) is 17.7. The first-order chi connectivity index (χ1) is 12.0. The van der Waals surface area contributed by atoms with E-state index in [9.17, 15) is 0 Å². The maximum atomic E-state index is 8.00. The van der Waals surface area contributed by atoms with Gasteiger partial charge >= 0.3 is 0 Å². The highest BCUT2D eigenvalue weighted by atomic mass is 16.5. The van der Waals surface area contributed by atoms with Gasteiger partial charge in [-0.25, -0.2) is 0 Å². The zero-order chi connectivity index (χ0) is 20.4. The van der Waals surface area contributed by atoms with Gasteiger partial charge in [-0.15, -0.1) is 0 Å². The minimum atomic E-state index is 0.407. The molecule has 0 bridgehead atoms. The number of carbonyl (C=O) groups excluding carboxylic acids is 3. The highest BCUT2D eigenvalue weighted by Gasteiger charge is 2.14. The number of hydrogen-bond donors (Lipinski definition) is 0. The van der Waals surface area contributed by atoms with E-state index in [1.165, 1.54) is 0 Å². The maximum absolute atomic E-state index is 8.00. The fraction of sp³-hybridized carbons (Fsp3) is 0.571. The molecule has 0 fully saturated rings. The summed E-state index contributed by atoms with van der Waals surface area (Å²) in [4.78, 5) is 42.6. The van der Waals surface area contributed by atoms with Gasteiger partial charge in [-0.1, -0.05) is 0 Å². The van der Waals surface area contributed by atoms with E-state index in [1.54, 1.807) is 24.0 Å². The van der Waals surface area contributed by atoms with Gasteiger partial charge in [-0.05, 0) is 0 Å². The molecular weight excluding hydrogens is 332 g/mol. The third kappa shape index (κ3) is 10.7. The van der Waals surface area contributed by atoms with Crippen molar-refractivity contribution in [2.24, 2.45) is 0 Å². The Kier molecular flexibility index (Phi) is 19.2. The van der Waals surface area contributed by atoms with E-state index in [0.717, 1.165) is 0 Å². The van der Waals surface area contributed by atoms with Crippen molar-refractivity contribution in [1.29, 1.82) is 0 Å². The average Bonchev–Trinajstić information content (AvgIpc) is 2.66. The number of nitrogens with zero attached hydrogens (tertiary/aromatic N) is 6. The van der Waals surface area contributed by atoms with Crippen LogP contribution in [0, 0.1) is 0 Å². The third-order valence-corrected chi connectivity index (χ3v) is 2.33. The van der Waals surface area contributed by atoms with Crippen LogP contribution in [0.4, 0.5) is 17.8 Å². The summed E-state index contributed by atoms with van der Waals surface area (Å²) in [5, 5.41) is 0. The molecule has 0 amide bonds. The Labute approximate surface area is 148 Å². The van der Waals surface area contributed by atoms with Crippen LogP contribution in [0.5, 0.6) is 0 Å². The number of methoxy groups -OCH3 is 2. The van der Waals surface area contributed by atoms with E-state index < -0.39 is 0 Å². The molecule has 1 rings (SSSR count). The second-order valence-electron chi connectivity index (χ2n) is 4.36. The van der Waals surface area contributed by atoms with Gasteiger partial charge in [0.1, 0.15) is 33.8 Å². The van der Waals surface area contributed by atoms with Crippen LogP contribution in [0.2, 0.25) is 0 Å². The van der Waals surface area contributed by atoms with E-state index in [4.69, 9.17) is 23.9 Å². The van der Waals surface area contributed by atoms with Gasteiger partial charge in [0, 0.05) is 42.4 Å². The molecular formula is C14H28N6O5. The zero-order valence-electron chi connectivity index (χ0n) is 15.8. The van der Waals surface area contributed by atoms with Gasteiger partial charge in [-0.2, -0.15) is 15.0 Å². The molecule has 144 valence electrons. The van der Waals surface area contributed by atoms with Crippen LogP contribution in [0.3, 0.4) is 0 Å². The van der Waals surface area contributed by atoms with Crippen molar-refractivity contribution >= 4 is 38.2 Å². The largest absolute Gasteiger partial charge is 0.364 e. The summed E-state index contributed by atoms with van der Waals surface area (Å²) < 4.78 is 10.2. The molecule has 0 spiro atoms. The Morgan fingerprint density at radius 1 is 0.680 bits per heavy atom. The fourth-order valence-electron chi connectivity index (χ4n) is 1.39. The summed E-state index contributed by atoms with van der Waals surface area (Å²) >= 11 is 0. The maximum Gasteiger partial charge on any atom is 0.233 e. The number of aromatic nitrogens is 3. The van der Waals surface area contributed by atoms with E-state index >= 15 is 0 Å². The fourth-order valence-corrected chi connectivity index (χ4v) is 1.39. The van der Waals surface area contributed by atoms with Crippen LogP contribution in [0.1, 0.15) is 0 Å². The summed E-state index contributed by atoms with van der Waals surface area (Å²) in [6.45, 7) is 6.81. The number of rotatable bonds is 7. The van der Waals surface area contributed by atoms with Crippen LogP contribution in [-0.4, -0.2) is 91.2 Å². The number of ether oxygens (including phenoxy) is 2. The molecule has 1 aromatic rings. The topological polar surface area (TPSA) is 118 Å². The molecule has 0 radical (unpaired) electrons. The zero-order valence-corrected chi connectivity index (χ0v) is 15.8. The Hall–Kier alpha value is -2.66. The number of hydrogen-bond acceptors (Lipinski definition) is 11. The lowest BCUT2D eigenvalue weighted by Crippen LogP contribution is -2.28. The molecule has 0 saturated heterocycles. The molecule has 0 aromatic carbocycles. The Morgan fingerprint density at radius 3 is 1.20 bits per heavy atom. The molecule has 25 heavy (non-hydrogen) atoms. The van der Waals surface area contributed by atoms with E-state index in [1.807, 2.05) is 53.5 Å². The van der Waals surface area contributed by atoms with Crippen molar-refractivity contribution in [2.45, 2.75) is 0 Å². The molecule has 0 aliphatic carbocycles. The first-order valence-corrected chi connectivity index (χ1v) is 6.69. The quantitative estimate of drug-likeness (QED) is 0.583. The molecule has 11 nitrogen and oxygen atoms in total. The summed E-state index contributed by atoms with van der Waals surface area (Å²) in [7, 11) is 10.7. The first kappa shape index (κ1) is 27.2. The molecule has 0 saturated carbocycles. The van der Waals surface area contributed by atoms with Gasteiger partial charge in [0.15, 0.2) is 0 Å². The Morgan fingerprint density at radius 2 is 0.960 bits per heavy atom. The van der Waals surface area contributed by atoms with Crippen molar-refractivity contribution in [3.8, 4) is 0 Å². The van der Waals surface area contributed by atoms with Gasteiger partial charge in [0.05, 0.1) is 0 Å². The van der Waals surface area contributed by atoms with E-state index in [0.29, 0.717) is 31.3 Å². The lowest BCUT2D eigenvalue weighted by atomic mass is 10.7. The van der Waals surface area contributed by atoms with Crippen molar-refractivity contribution in [3.05, 3.63) is 0 Å². The van der Waals surface area contributed by atoms with Crippen LogP contribution in [-0.2, 0) is 23.9 Å². The lowest BCUT2D eigenvalue weighted by Gasteiger charge is -2.22. The van der Waals surface area contributed by atoms with Crippen LogP contribution in [0.15, 0.2) is 0 Å². The minimum absolute atomic E-state index is 0.407. The van der Waals surface area contributed by atoms with Crippen LogP contribution < -0.4 is 14.7 Å². The van der Waals surface area contributed by atoms with E-state index in [-0.39, 0.29) is 0 Å². The SMILES string of the molecule is C=O.C=O.C=O.COCN(C)c1nc(N(C)C)nc(N(C)COC)n1.